The van der Waals surface area contributed by atoms with Gasteiger partial charge in [-0.05, 0) is 19.4 Å². The zero-order valence-corrected chi connectivity index (χ0v) is 8.42. The van der Waals surface area contributed by atoms with E-state index in [2.05, 4.69) is 6.07 Å². The molecule has 4 heteroatoms. The molecule has 0 saturated carbocycles. The normalized spacial score (nSPS) is 9.77. The number of rotatable bonds is 1. The van der Waals surface area contributed by atoms with Gasteiger partial charge in [0.2, 0.25) is 0 Å². The highest BCUT2D eigenvalue weighted by molar-refractivity contribution is 5.58. The summed E-state index contributed by atoms with van der Waals surface area (Å²) in [5, 5.41) is 10.7. The molecule has 0 aromatic carbocycles. The molecular weight excluding hydrogens is 164 g/mol. The third-order valence-corrected chi connectivity index (χ3v) is 2.23. The van der Waals surface area contributed by atoms with Crippen LogP contribution < -0.4 is 10.7 Å². The molecule has 0 amide bonds. The van der Waals surface area contributed by atoms with E-state index in [1.807, 2.05) is 37.6 Å². The summed E-state index contributed by atoms with van der Waals surface area (Å²) in [7, 11) is 3.79. The number of nitrogens with zero attached hydrogens (tertiary/aromatic N) is 3. The summed E-state index contributed by atoms with van der Waals surface area (Å²) < 4.78 is 1.83. The van der Waals surface area contributed by atoms with Crippen LogP contribution in [0.3, 0.4) is 0 Å². The van der Waals surface area contributed by atoms with Gasteiger partial charge in [-0.15, -0.1) is 0 Å². The van der Waals surface area contributed by atoms with Crippen LogP contribution in [0, 0.1) is 25.2 Å². The largest absolute Gasteiger partial charge is 0.383 e. The van der Waals surface area contributed by atoms with E-state index < -0.39 is 0 Å². The standard InChI is InChI=1S/C9H14N4/c1-6-7(2)13(12(3)4)9(11)8(6)5-10/h11H2,1-4H3. The maximum absolute atomic E-state index is 8.86. The maximum Gasteiger partial charge on any atom is 0.141 e. The van der Waals surface area contributed by atoms with Crippen LogP contribution in [0.25, 0.3) is 0 Å². The van der Waals surface area contributed by atoms with Crippen LogP contribution in [-0.2, 0) is 0 Å². The van der Waals surface area contributed by atoms with E-state index in [1.54, 1.807) is 0 Å². The predicted molar refractivity (Wildman–Crippen MR) is 53.1 cm³/mol. The smallest absolute Gasteiger partial charge is 0.141 e. The summed E-state index contributed by atoms with van der Waals surface area (Å²) >= 11 is 0. The molecule has 0 atom stereocenters. The Kier molecular flexibility index (Phi) is 2.20. The Hall–Kier alpha value is -1.63. The van der Waals surface area contributed by atoms with Crippen molar-refractivity contribution in [2.24, 2.45) is 0 Å². The molecule has 0 bridgehead atoms. The second kappa shape index (κ2) is 3.02. The van der Waals surface area contributed by atoms with Crippen molar-refractivity contribution in [3.63, 3.8) is 0 Å². The van der Waals surface area contributed by atoms with Gasteiger partial charge in [0, 0.05) is 19.8 Å². The average molecular weight is 178 g/mol. The van der Waals surface area contributed by atoms with Crippen molar-refractivity contribution < 1.29 is 0 Å². The van der Waals surface area contributed by atoms with Gasteiger partial charge >= 0.3 is 0 Å². The molecule has 0 saturated heterocycles. The molecule has 0 fully saturated rings. The van der Waals surface area contributed by atoms with Crippen molar-refractivity contribution in [2.45, 2.75) is 13.8 Å². The molecular formula is C9H14N4. The van der Waals surface area contributed by atoms with E-state index in [4.69, 9.17) is 11.0 Å². The monoisotopic (exact) mass is 178 g/mol. The van der Waals surface area contributed by atoms with Gasteiger partial charge in [-0.2, -0.15) is 5.26 Å². The minimum atomic E-state index is 0.516. The summed E-state index contributed by atoms with van der Waals surface area (Å²) in [5.41, 5.74) is 8.36. The van der Waals surface area contributed by atoms with Crippen molar-refractivity contribution >= 4 is 5.82 Å². The van der Waals surface area contributed by atoms with Crippen LogP contribution in [-0.4, -0.2) is 18.8 Å². The Morgan fingerprint density at radius 2 is 1.92 bits per heavy atom. The van der Waals surface area contributed by atoms with Crippen LogP contribution in [0.4, 0.5) is 5.82 Å². The van der Waals surface area contributed by atoms with Crippen molar-refractivity contribution in [3.8, 4) is 6.07 Å². The van der Waals surface area contributed by atoms with Gasteiger partial charge in [-0.1, -0.05) is 0 Å². The highest BCUT2D eigenvalue weighted by atomic mass is 15.5. The lowest BCUT2D eigenvalue weighted by atomic mass is 10.2. The minimum Gasteiger partial charge on any atom is -0.383 e. The first-order valence-electron chi connectivity index (χ1n) is 4.05. The van der Waals surface area contributed by atoms with Gasteiger partial charge < -0.3 is 10.7 Å². The fraction of sp³-hybridized carbons (Fsp3) is 0.444. The number of hydrogen-bond donors (Lipinski definition) is 1. The number of nitriles is 1. The molecule has 70 valence electrons. The van der Waals surface area contributed by atoms with Crippen LogP contribution in [0.15, 0.2) is 0 Å². The van der Waals surface area contributed by atoms with Gasteiger partial charge in [0.25, 0.3) is 0 Å². The Bertz CT molecular complexity index is 368. The molecule has 1 rings (SSSR count). The minimum absolute atomic E-state index is 0.516. The summed E-state index contributed by atoms with van der Waals surface area (Å²) in [4.78, 5) is 0. The first kappa shape index (κ1) is 9.46. The van der Waals surface area contributed by atoms with Crippen LogP contribution >= 0.6 is 0 Å². The molecule has 0 aliphatic rings. The molecule has 0 aliphatic heterocycles. The second-order valence-corrected chi connectivity index (χ2v) is 3.24. The highest BCUT2D eigenvalue weighted by Crippen LogP contribution is 2.22. The lowest BCUT2D eigenvalue weighted by Crippen LogP contribution is -2.27. The van der Waals surface area contributed by atoms with E-state index in [0.717, 1.165) is 11.3 Å². The number of hydrogen-bond acceptors (Lipinski definition) is 3. The number of aromatic nitrogens is 1. The topological polar surface area (TPSA) is 58.0 Å². The molecule has 2 N–H and O–H groups in total. The zero-order chi connectivity index (χ0) is 10.2. The molecule has 13 heavy (non-hydrogen) atoms. The fourth-order valence-corrected chi connectivity index (χ4v) is 1.48. The van der Waals surface area contributed by atoms with Crippen molar-refractivity contribution in [1.29, 1.82) is 5.26 Å². The molecule has 1 aromatic heterocycles. The first-order valence-corrected chi connectivity index (χ1v) is 4.05. The predicted octanol–water partition coefficient (Wildman–Crippen LogP) is 0.756. The summed E-state index contributed by atoms with van der Waals surface area (Å²) in [6, 6.07) is 2.11. The van der Waals surface area contributed by atoms with Crippen LogP contribution in [0.1, 0.15) is 16.8 Å². The van der Waals surface area contributed by atoms with E-state index >= 15 is 0 Å². The lowest BCUT2D eigenvalue weighted by molar-refractivity contribution is 0.721. The molecule has 0 spiro atoms. The van der Waals surface area contributed by atoms with Crippen molar-refractivity contribution in [2.75, 3.05) is 24.8 Å². The summed E-state index contributed by atoms with van der Waals surface area (Å²) in [6.45, 7) is 3.86. The molecule has 0 aliphatic carbocycles. The van der Waals surface area contributed by atoms with Crippen LogP contribution in [0.2, 0.25) is 0 Å². The molecule has 1 aromatic rings. The van der Waals surface area contributed by atoms with Crippen molar-refractivity contribution in [1.82, 2.24) is 4.68 Å². The fourth-order valence-electron chi connectivity index (χ4n) is 1.48. The molecule has 0 radical (unpaired) electrons. The Labute approximate surface area is 78.1 Å². The quantitative estimate of drug-likeness (QED) is 0.690. The molecule has 1 heterocycles. The van der Waals surface area contributed by atoms with Gasteiger partial charge in [0.05, 0.1) is 5.56 Å². The Morgan fingerprint density at radius 1 is 1.38 bits per heavy atom. The van der Waals surface area contributed by atoms with Gasteiger partial charge in [0.1, 0.15) is 11.9 Å². The first-order chi connectivity index (χ1) is 6.00. The molecule has 4 nitrogen and oxygen atoms in total. The lowest BCUT2D eigenvalue weighted by Gasteiger charge is -2.18. The zero-order valence-electron chi connectivity index (χ0n) is 8.42. The van der Waals surface area contributed by atoms with Gasteiger partial charge in [-0.3, -0.25) is 0 Å². The molecule has 0 unspecified atom stereocenters. The number of nitrogens with two attached hydrogens (primary N) is 1. The van der Waals surface area contributed by atoms with E-state index in [1.165, 1.54) is 0 Å². The average Bonchev–Trinajstić information content (AvgIpc) is 2.24. The van der Waals surface area contributed by atoms with E-state index in [-0.39, 0.29) is 0 Å². The second-order valence-electron chi connectivity index (χ2n) is 3.24. The Morgan fingerprint density at radius 3 is 2.15 bits per heavy atom. The summed E-state index contributed by atoms with van der Waals surface area (Å²) in [5.74, 6) is 0.516. The number of nitrogen functional groups attached to an aromatic ring is 1. The van der Waals surface area contributed by atoms with Gasteiger partial charge in [-0.25, -0.2) is 4.68 Å². The summed E-state index contributed by atoms with van der Waals surface area (Å²) in [6.07, 6.45) is 0. The van der Waals surface area contributed by atoms with Crippen molar-refractivity contribution in [3.05, 3.63) is 16.8 Å². The maximum atomic E-state index is 8.86. The third-order valence-electron chi connectivity index (χ3n) is 2.23. The SMILES string of the molecule is Cc1c(C#N)c(N)n(N(C)C)c1C. The van der Waals surface area contributed by atoms with Crippen LogP contribution in [0.5, 0.6) is 0 Å². The highest BCUT2D eigenvalue weighted by Gasteiger charge is 2.15. The van der Waals surface area contributed by atoms with Gasteiger partial charge in [0.15, 0.2) is 0 Å². The van der Waals surface area contributed by atoms with E-state index in [9.17, 15) is 0 Å². The third kappa shape index (κ3) is 1.22. The van der Waals surface area contributed by atoms with E-state index in [0.29, 0.717) is 11.4 Å². The Balaban J connectivity index is 3.48. The number of anilines is 1.